The zero-order chi connectivity index (χ0) is 25.7. The van der Waals surface area contributed by atoms with Crippen LogP contribution in [0.5, 0.6) is 0 Å². The Bertz CT molecular complexity index is 1550. The molecule has 2 saturated heterocycles. The number of hydrogen-bond donors (Lipinski definition) is 0. The molecule has 3 aromatic heterocycles. The van der Waals surface area contributed by atoms with Gasteiger partial charge in [0.05, 0.1) is 29.5 Å². The van der Waals surface area contributed by atoms with Crippen LogP contribution in [-0.2, 0) is 0 Å². The number of aliphatic imine (C=N–C) groups is 1. The Hall–Kier alpha value is -3.48. The molecule has 0 saturated carbocycles. The Morgan fingerprint density at radius 1 is 1.11 bits per heavy atom. The molecule has 0 radical (unpaired) electrons. The second kappa shape index (κ2) is 9.43. The van der Waals surface area contributed by atoms with Crippen LogP contribution in [0.2, 0.25) is 0 Å². The van der Waals surface area contributed by atoms with Crippen LogP contribution in [0.1, 0.15) is 48.5 Å². The van der Waals surface area contributed by atoms with Crippen LogP contribution in [0.3, 0.4) is 0 Å². The lowest BCUT2D eigenvalue weighted by Crippen LogP contribution is -2.40. The molecule has 6 rings (SSSR count). The van der Waals surface area contributed by atoms with E-state index in [9.17, 15) is 9.65 Å². The highest BCUT2D eigenvalue weighted by Crippen LogP contribution is 2.42. The second-order valence-electron chi connectivity index (χ2n) is 9.99. The molecule has 0 aliphatic carbocycles. The summed E-state index contributed by atoms with van der Waals surface area (Å²) < 4.78 is 17.9. The van der Waals surface area contributed by atoms with Gasteiger partial charge in [-0.1, -0.05) is 11.8 Å². The van der Waals surface area contributed by atoms with E-state index < -0.39 is 0 Å². The molecule has 5 heterocycles. The Morgan fingerprint density at radius 3 is 2.62 bits per heavy atom. The van der Waals surface area contributed by atoms with E-state index >= 15 is 0 Å². The summed E-state index contributed by atoms with van der Waals surface area (Å²) in [5, 5.41) is 19.1. The van der Waals surface area contributed by atoms with Gasteiger partial charge in [-0.3, -0.25) is 9.67 Å². The Labute approximate surface area is 219 Å². The van der Waals surface area contributed by atoms with E-state index in [0.717, 1.165) is 45.0 Å². The van der Waals surface area contributed by atoms with Gasteiger partial charge in [0.15, 0.2) is 0 Å². The van der Waals surface area contributed by atoms with Crippen LogP contribution in [0.25, 0.3) is 16.6 Å². The highest BCUT2D eigenvalue weighted by atomic mass is 32.2. The first-order chi connectivity index (χ1) is 18.0. The van der Waals surface area contributed by atoms with Gasteiger partial charge >= 0.3 is 0 Å². The number of nitriles is 1. The molecule has 0 amide bonds. The van der Waals surface area contributed by atoms with Crippen molar-refractivity contribution < 1.29 is 4.39 Å². The number of aromatic nitrogens is 4. The fourth-order valence-electron chi connectivity index (χ4n) is 6.02. The number of piperidine rings is 1. The minimum atomic E-state index is -0.314. The lowest BCUT2D eigenvalue weighted by molar-refractivity contribution is 0.130. The van der Waals surface area contributed by atoms with Gasteiger partial charge in [0.1, 0.15) is 11.9 Å². The van der Waals surface area contributed by atoms with Crippen molar-refractivity contribution in [1.82, 2.24) is 24.3 Å². The molecule has 188 valence electrons. The third-order valence-electron chi connectivity index (χ3n) is 7.93. The third kappa shape index (κ3) is 4.14. The van der Waals surface area contributed by atoms with Crippen molar-refractivity contribution in [3.05, 3.63) is 65.5 Å². The number of pyridine rings is 1. The first-order valence-electron chi connectivity index (χ1n) is 12.5. The molecule has 7 nitrogen and oxygen atoms in total. The summed E-state index contributed by atoms with van der Waals surface area (Å²) in [5.41, 5.74) is 5.09. The van der Waals surface area contributed by atoms with E-state index in [2.05, 4.69) is 45.8 Å². The van der Waals surface area contributed by atoms with Gasteiger partial charge in [0.2, 0.25) is 0 Å². The fraction of sp³-hybridized carbons (Fsp3) is 0.357. The molecule has 4 aromatic rings. The van der Waals surface area contributed by atoms with E-state index in [1.165, 1.54) is 36.7 Å². The van der Waals surface area contributed by atoms with Crippen LogP contribution >= 0.6 is 11.8 Å². The SMILES string of the molecule is CN=Cc1cc(F)ccc1Sc1cc(-c2cnn(C3C[C@H]4CC[C@@H](C3)N4C)c2C)cn2ncc(C#N)c12. The number of hydrogen-bond acceptors (Lipinski definition) is 6. The molecule has 37 heavy (non-hydrogen) atoms. The summed E-state index contributed by atoms with van der Waals surface area (Å²) in [7, 11) is 3.92. The smallest absolute Gasteiger partial charge is 0.123 e. The largest absolute Gasteiger partial charge is 0.300 e. The topological polar surface area (TPSA) is 74.5 Å². The Balaban J connectivity index is 1.42. The molecule has 9 heteroatoms. The molecule has 2 aliphatic heterocycles. The number of rotatable bonds is 5. The van der Waals surface area contributed by atoms with Crippen molar-refractivity contribution in [2.45, 2.75) is 60.5 Å². The van der Waals surface area contributed by atoms with E-state index in [1.54, 1.807) is 30.0 Å². The highest BCUT2D eigenvalue weighted by molar-refractivity contribution is 7.99. The van der Waals surface area contributed by atoms with Gasteiger partial charge in [-0.15, -0.1) is 0 Å². The molecule has 2 fully saturated rings. The first-order valence-corrected chi connectivity index (χ1v) is 13.4. The van der Waals surface area contributed by atoms with Crippen molar-refractivity contribution in [2.75, 3.05) is 14.1 Å². The Kier molecular flexibility index (Phi) is 6.09. The summed E-state index contributed by atoms with van der Waals surface area (Å²) in [6.07, 6.45) is 12.0. The average Bonchev–Trinajstić information content (AvgIpc) is 3.53. The van der Waals surface area contributed by atoms with Crippen molar-refractivity contribution in [3.63, 3.8) is 0 Å². The summed E-state index contributed by atoms with van der Waals surface area (Å²) in [4.78, 5) is 8.36. The lowest BCUT2D eigenvalue weighted by Gasteiger charge is -2.36. The third-order valence-corrected chi connectivity index (χ3v) is 9.05. The molecule has 0 N–H and O–H groups in total. The summed E-state index contributed by atoms with van der Waals surface area (Å²) in [6, 6.07) is 10.7. The predicted octanol–water partition coefficient (Wildman–Crippen LogP) is 5.51. The number of benzene rings is 1. The molecular weight excluding hydrogens is 485 g/mol. The lowest BCUT2D eigenvalue weighted by atomic mass is 9.97. The molecule has 2 aliphatic rings. The zero-order valence-electron chi connectivity index (χ0n) is 21.1. The normalized spacial score (nSPS) is 21.8. The molecular formula is C28H28FN7S. The maximum atomic E-state index is 14.0. The average molecular weight is 514 g/mol. The monoisotopic (exact) mass is 513 g/mol. The predicted molar refractivity (Wildman–Crippen MR) is 143 cm³/mol. The van der Waals surface area contributed by atoms with Crippen molar-refractivity contribution >= 4 is 23.5 Å². The van der Waals surface area contributed by atoms with Gasteiger partial charge in [0.25, 0.3) is 0 Å². The van der Waals surface area contributed by atoms with E-state index in [0.29, 0.717) is 29.3 Å². The number of halogens is 1. The van der Waals surface area contributed by atoms with Crippen molar-refractivity contribution in [2.24, 2.45) is 4.99 Å². The zero-order valence-corrected chi connectivity index (χ0v) is 21.9. The first kappa shape index (κ1) is 23.9. The minimum Gasteiger partial charge on any atom is -0.300 e. The summed E-state index contributed by atoms with van der Waals surface area (Å²) >= 11 is 1.48. The van der Waals surface area contributed by atoms with Gasteiger partial charge in [-0.2, -0.15) is 15.5 Å². The standard InChI is InChI=1S/C28H28FN7S/c1-17-25(15-33-36(17)24-10-22-5-6-23(11-24)34(22)3)19-9-27(28-20(12-30)14-32-35(28)16-19)37-26-7-4-21(29)8-18(26)13-31-2/h4,7-9,13-16,22-24H,5-6,10-11H2,1-3H3/t22-,23+,24?. The summed E-state index contributed by atoms with van der Waals surface area (Å²) in [5.74, 6) is -0.314. The quantitative estimate of drug-likeness (QED) is 0.329. The molecule has 1 aromatic carbocycles. The number of fused-ring (bicyclic) bond motifs is 3. The van der Waals surface area contributed by atoms with Crippen LogP contribution in [0.15, 0.2) is 57.6 Å². The highest BCUT2D eigenvalue weighted by Gasteiger charge is 2.39. The van der Waals surface area contributed by atoms with Crippen LogP contribution in [0.4, 0.5) is 4.39 Å². The van der Waals surface area contributed by atoms with Crippen molar-refractivity contribution in [3.8, 4) is 17.2 Å². The van der Waals surface area contributed by atoms with Crippen LogP contribution < -0.4 is 0 Å². The van der Waals surface area contributed by atoms with Crippen LogP contribution in [0, 0.1) is 24.1 Å². The van der Waals surface area contributed by atoms with Crippen LogP contribution in [-0.4, -0.2) is 56.7 Å². The van der Waals surface area contributed by atoms with E-state index in [4.69, 9.17) is 5.10 Å². The fourth-order valence-corrected chi connectivity index (χ4v) is 7.11. The molecule has 3 atom stereocenters. The van der Waals surface area contributed by atoms with Crippen molar-refractivity contribution in [1.29, 1.82) is 5.26 Å². The molecule has 0 spiro atoms. The van der Waals surface area contributed by atoms with Gasteiger partial charge in [-0.25, -0.2) is 8.91 Å². The Morgan fingerprint density at radius 2 is 1.89 bits per heavy atom. The molecule has 1 unspecified atom stereocenters. The second-order valence-corrected chi connectivity index (χ2v) is 11.1. The maximum Gasteiger partial charge on any atom is 0.123 e. The summed E-state index contributed by atoms with van der Waals surface area (Å²) in [6.45, 7) is 2.14. The number of nitrogens with zero attached hydrogens (tertiary/aromatic N) is 7. The maximum absolute atomic E-state index is 14.0. The molecule has 2 bridgehead atoms. The van der Waals surface area contributed by atoms with Gasteiger partial charge in [-0.05, 0) is 63.9 Å². The van der Waals surface area contributed by atoms with E-state index in [1.807, 2.05) is 12.4 Å². The van der Waals surface area contributed by atoms with E-state index in [-0.39, 0.29) is 5.82 Å². The van der Waals surface area contributed by atoms with Gasteiger partial charge < -0.3 is 4.90 Å². The van der Waals surface area contributed by atoms with Gasteiger partial charge in [0, 0.05) is 63.7 Å². The minimum absolute atomic E-state index is 0.314.